The Bertz CT molecular complexity index is 878. The molecule has 25 heavy (non-hydrogen) atoms. The highest BCUT2D eigenvalue weighted by Gasteiger charge is 2.53. The zero-order chi connectivity index (χ0) is 17.6. The lowest BCUT2D eigenvalue weighted by Gasteiger charge is -2.56. The Morgan fingerprint density at radius 1 is 1.20 bits per heavy atom. The molecule has 5 nitrogen and oxygen atoms in total. The Labute approximate surface area is 144 Å². The Morgan fingerprint density at radius 2 is 1.96 bits per heavy atom. The van der Waals surface area contributed by atoms with E-state index in [2.05, 4.69) is 5.32 Å². The summed E-state index contributed by atoms with van der Waals surface area (Å²) in [6.45, 7) is 0. The van der Waals surface area contributed by atoms with Crippen LogP contribution in [0.25, 0.3) is 5.69 Å². The molecule has 1 aromatic heterocycles. The van der Waals surface area contributed by atoms with E-state index in [4.69, 9.17) is 5.73 Å². The van der Waals surface area contributed by atoms with Crippen molar-refractivity contribution in [2.75, 3.05) is 5.32 Å². The largest absolute Gasteiger partial charge is 0.328 e. The van der Waals surface area contributed by atoms with Crippen LogP contribution in [-0.4, -0.2) is 16.5 Å². The maximum Gasteiger partial charge on any atom is 0.255 e. The molecule has 2 aliphatic carbocycles. The molecular weight excluding hydrogens is 321 g/mol. The van der Waals surface area contributed by atoms with Gasteiger partial charge >= 0.3 is 0 Å². The van der Waals surface area contributed by atoms with Gasteiger partial charge in [0, 0.05) is 30.3 Å². The number of hydrogen-bond acceptors (Lipinski definition) is 3. The summed E-state index contributed by atoms with van der Waals surface area (Å²) in [6, 6.07) is 9.38. The van der Waals surface area contributed by atoms with Crippen molar-refractivity contribution in [3.63, 3.8) is 0 Å². The summed E-state index contributed by atoms with van der Waals surface area (Å²) in [5.41, 5.74) is 6.42. The van der Waals surface area contributed by atoms with Crippen LogP contribution in [0.2, 0.25) is 0 Å². The number of anilines is 1. The third-order valence-corrected chi connectivity index (χ3v) is 5.43. The number of amides is 1. The molecule has 0 aliphatic heterocycles. The standard InChI is InChI=1S/C19H20FN3O2/c20-15-7-14(23-6-2-1-3-17(23)24)4-5-16(15)22-18(25)12-8-19(9-12)10-13(21)11-19/h1-7,12-13H,8-11,21H2,(H,22,25). The van der Waals surface area contributed by atoms with Crippen LogP contribution in [0.4, 0.5) is 10.1 Å². The minimum absolute atomic E-state index is 0.0664. The SMILES string of the molecule is NC1CC2(C1)CC(C(=O)Nc1ccc(-n3ccccc3=O)cc1F)C2. The fraction of sp³-hybridized carbons (Fsp3) is 0.368. The molecular formula is C19H20FN3O2. The average Bonchev–Trinajstić information content (AvgIpc) is 2.52. The molecule has 0 bridgehead atoms. The summed E-state index contributed by atoms with van der Waals surface area (Å²) in [7, 11) is 0. The molecule has 1 amide bonds. The lowest BCUT2D eigenvalue weighted by Crippen LogP contribution is -2.55. The Morgan fingerprint density at radius 3 is 2.60 bits per heavy atom. The quantitative estimate of drug-likeness (QED) is 0.900. The highest BCUT2D eigenvalue weighted by molar-refractivity contribution is 5.93. The van der Waals surface area contributed by atoms with E-state index >= 15 is 0 Å². The first kappa shape index (κ1) is 16.0. The molecule has 1 aromatic carbocycles. The van der Waals surface area contributed by atoms with Gasteiger partial charge in [-0.1, -0.05) is 6.07 Å². The van der Waals surface area contributed by atoms with Crippen molar-refractivity contribution in [1.82, 2.24) is 4.57 Å². The number of nitrogens with one attached hydrogen (secondary N) is 1. The lowest BCUT2D eigenvalue weighted by atomic mass is 9.50. The van der Waals surface area contributed by atoms with Gasteiger partial charge in [-0.15, -0.1) is 0 Å². The maximum atomic E-state index is 14.3. The number of nitrogens with two attached hydrogens (primary N) is 1. The monoisotopic (exact) mass is 341 g/mol. The molecule has 6 heteroatoms. The highest BCUT2D eigenvalue weighted by atomic mass is 19.1. The Balaban J connectivity index is 1.44. The van der Waals surface area contributed by atoms with Crippen LogP contribution in [-0.2, 0) is 4.79 Å². The van der Waals surface area contributed by atoms with Gasteiger partial charge in [0.15, 0.2) is 0 Å². The normalized spacial score (nSPS) is 27.4. The molecule has 0 radical (unpaired) electrons. The summed E-state index contributed by atoms with van der Waals surface area (Å²) in [5.74, 6) is -0.765. The molecule has 0 atom stereocenters. The number of rotatable bonds is 3. The first-order valence-corrected chi connectivity index (χ1v) is 8.50. The summed E-state index contributed by atoms with van der Waals surface area (Å²) in [5, 5.41) is 2.67. The van der Waals surface area contributed by atoms with E-state index in [-0.39, 0.29) is 34.5 Å². The average molecular weight is 341 g/mol. The molecule has 2 aliphatic rings. The summed E-state index contributed by atoms with van der Waals surface area (Å²) >= 11 is 0. The van der Waals surface area contributed by atoms with Gasteiger partial charge in [0.05, 0.1) is 11.4 Å². The number of pyridine rings is 1. The van der Waals surface area contributed by atoms with Crippen LogP contribution in [0, 0.1) is 17.2 Å². The van der Waals surface area contributed by atoms with E-state index < -0.39 is 5.82 Å². The third-order valence-electron chi connectivity index (χ3n) is 5.43. The zero-order valence-corrected chi connectivity index (χ0v) is 13.7. The van der Waals surface area contributed by atoms with Crippen LogP contribution in [0.1, 0.15) is 25.7 Å². The minimum atomic E-state index is -0.554. The van der Waals surface area contributed by atoms with Gasteiger partial charge in [-0.3, -0.25) is 14.2 Å². The second-order valence-electron chi connectivity index (χ2n) is 7.34. The van der Waals surface area contributed by atoms with Crippen LogP contribution in [0.5, 0.6) is 0 Å². The second-order valence-corrected chi connectivity index (χ2v) is 7.34. The number of benzene rings is 1. The molecule has 1 spiro atoms. The van der Waals surface area contributed by atoms with Crippen LogP contribution < -0.4 is 16.6 Å². The number of hydrogen-bond donors (Lipinski definition) is 2. The van der Waals surface area contributed by atoms with Crippen molar-refractivity contribution < 1.29 is 9.18 Å². The van der Waals surface area contributed by atoms with Crippen LogP contribution in [0.3, 0.4) is 0 Å². The highest BCUT2D eigenvalue weighted by Crippen LogP contribution is 2.58. The summed E-state index contributed by atoms with van der Waals surface area (Å²) in [4.78, 5) is 24.1. The van der Waals surface area contributed by atoms with Crippen molar-refractivity contribution >= 4 is 11.6 Å². The van der Waals surface area contributed by atoms with Crippen molar-refractivity contribution in [2.45, 2.75) is 31.7 Å². The molecule has 2 fully saturated rings. The number of halogens is 1. The fourth-order valence-corrected chi connectivity index (χ4v) is 4.19. The van der Waals surface area contributed by atoms with Gasteiger partial charge in [0.1, 0.15) is 5.82 Å². The Hall–Kier alpha value is -2.47. The number of carbonyl (C=O) groups is 1. The number of nitrogens with zero attached hydrogens (tertiary/aromatic N) is 1. The zero-order valence-electron chi connectivity index (χ0n) is 13.7. The van der Waals surface area contributed by atoms with Crippen molar-refractivity contribution in [3.05, 3.63) is 58.8 Å². The topological polar surface area (TPSA) is 77.1 Å². The molecule has 0 unspecified atom stereocenters. The molecule has 1 heterocycles. The molecule has 0 saturated heterocycles. The third kappa shape index (κ3) is 2.87. The minimum Gasteiger partial charge on any atom is -0.328 e. The van der Waals surface area contributed by atoms with E-state index in [0.29, 0.717) is 5.69 Å². The second kappa shape index (κ2) is 5.81. The van der Waals surface area contributed by atoms with E-state index in [9.17, 15) is 14.0 Å². The smallest absolute Gasteiger partial charge is 0.255 e. The fourth-order valence-electron chi connectivity index (χ4n) is 4.19. The van der Waals surface area contributed by atoms with Crippen molar-refractivity contribution in [3.8, 4) is 5.69 Å². The predicted molar refractivity (Wildman–Crippen MR) is 93.0 cm³/mol. The number of aromatic nitrogens is 1. The van der Waals surface area contributed by atoms with Gasteiger partial charge in [-0.2, -0.15) is 0 Å². The lowest BCUT2D eigenvalue weighted by molar-refractivity contribution is -0.132. The van der Waals surface area contributed by atoms with Gasteiger partial charge in [0.25, 0.3) is 5.56 Å². The van der Waals surface area contributed by atoms with E-state index in [1.165, 1.54) is 22.8 Å². The maximum absolute atomic E-state index is 14.3. The van der Waals surface area contributed by atoms with E-state index in [1.54, 1.807) is 24.4 Å². The Kier molecular flexibility index (Phi) is 3.72. The predicted octanol–water partition coefficient (Wildman–Crippen LogP) is 2.43. The van der Waals surface area contributed by atoms with Gasteiger partial charge in [0.2, 0.25) is 5.91 Å². The molecule has 2 saturated carbocycles. The van der Waals surface area contributed by atoms with Crippen molar-refractivity contribution in [1.29, 1.82) is 0 Å². The first-order valence-electron chi connectivity index (χ1n) is 8.50. The van der Waals surface area contributed by atoms with Crippen LogP contribution in [0.15, 0.2) is 47.4 Å². The summed E-state index contributed by atoms with van der Waals surface area (Å²) in [6.07, 6.45) is 5.24. The molecule has 130 valence electrons. The van der Waals surface area contributed by atoms with Gasteiger partial charge in [-0.25, -0.2) is 4.39 Å². The van der Waals surface area contributed by atoms with Crippen molar-refractivity contribution in [2.24, 2.45) is 17.1 Å². The first-order chi connectivity index (χ1) is 12.0. The number of carbonyl (C=O) groups excluding carboxylic acids is 1. The molecule has 3 N–H and O–H groups in total. The molecule has 4 rings (SSSR count). The van der Waals surface area contributed by atoms with E-state index in [0.717, 1.165) is 25.7 Å². The van der Waals surface area contributed by atoms with Gasteiger partial charge < -0.3 is 11.1 Å². The summed E-state index contributed by atoms with van der Waals surface area (Å²) < 4.78 is 15.7. The van der Waals surface area contributed by atoms with E-state index in [1.807, 2.05) is 0 Å². The van der Waals surface area contributed by atoms with Crippen LogP contribution >= 0.6 is 0 Å². The molecule has 2 aromatic rings. The van der Waals surface area contributed by atoms with Gasteiger partial charge in [-0.05, 0) is 49.3 Å².